The summed E-state index contributed by atoms with van der Waals surface area (Å²) in [6, 6.07) is 0. The standard InChI is InChI=1S/C11H17NO.V/c1-5-7-9-11(8-6-2)12(4)10(3)13;/h5-9H,1-4H3;/b7-5+,8-6+,11-9+;. The zero-order valence-corrected chi connectivity index (χ0v) is 10.6. The van der Waals surface area contributed by atoms with E-state index >= 15 is 0 Å². The van der Waals surface area contributed by atoms with Gasteiger partial charge in [-0.15, -0.1) is 0 Å². The molecule has 0 aromatic carbocycles. The van der Waals surface area contributed by atoms with E-state index < -0.39 is 0 Å². The summed E-state index contributed by atoms with van der Waals surface area (Å²) in [6.45, 7) is 5.42. The van der Waals surface area contributed by atoms with Crippen molar-refractivity contribution in [3.05, 3.63) is 36.1 Å². The quantitative estimate of drug-likeness (QED) is 0.682. The van der Waals surface area contributed by atoms with Crippen molar-refractivity contribution in [1.82, 2.24) is 4.90 Å². The Kier molecular flexibility index (Phi) is 9.95. The number of carbonyl (C=O) groups is 1. The first-order valence-electron chi connectivity index (χ1n) is 4.33. The fourth-order valence-electron chi connectivity index (χ4n) is 0.827. The number of hydrogen-bond acceptors (Lipinski definition) is 1. The van der Waals surface area contributed by atoms with Gasteiger partial charge in [-0.1, -0.05) is 18.2 Å². The molecule has 0 aliphatic rings. The van der Waals surface area contributed by atoms with Crippen LogP contribution in [-0.2, 0) is 23.4 Å². The predicted molar refractivity (Wildman–Crippen MR) is 56.2 cm³/mol. The minimum atomic E-state index is 0. The third-order valence-electron chi connectivity index (χ3n) is 1.66. The van der Waals surface area contributed by atoms with Gasteiger partial charge in [-0.25, -0.2) is 0 Å². The molecule has 0 unspecified atom stereocenters. The van der Waals surface area contributed by atoms with Gasteiger partial charge in [-0.3, -0.25) is 4.79 Å². The summed E-state index contributed by atoms with van der Waals surface area (Å²) >= 11 is 0. The summed E-state index contributed by atoms with van der Waals surface area (Å²) in [6.07, 6.45) is 9.56. The topological polar surface area (TPSA) is 20.3 Å². The van der Waals surface area contributed by atoms with Gasteiger partial charge in [0.05, 0.1) is 0 Å². The molecule has 0 aromatic rings. The van der Waals surface area contributed by atoms with Crippen LogP contribution in [0.2, 0.25) is 0 Å². The average Bonchev–Trinajstić information content (AvgIpc) is 2.11. The number of nitrogens with zero attached hydrogens (tertiary/aromatic N) is 1. The molecule has 0 aliphatic heterocycles. The maximum atomic E-state index is 11.1. The van der Waals surface area contributed by atoms with Gasteiger partial charge in [0.25, 0.3) is 0 Å². The van der Waals surface area contributed by atoms with Crippen LogP contribution in [-0.4, -0.2) is 17.9 Å². The molecule has 1 radical (unpaired) electrons. The first-order valence-corrected chi connectivity index (χ1v) is 4.33. The maximum absolute atomic E-state index is 11.1. The van der Waals surface area contributed by atoms with E-state index in [0.717, 1.165) is 5.70 Å². The minimum absolute atomic E-state index is 0. The molecule has 0 saturated heterocycles. The van der Waals surface area contributed by atoms with Crippen molar-refractivity contribution in [1.29, 1.82) is 0 Å². The van der Waals surface area contributed by atoms with Crippen molar-refractivity contribution in [3.63, 3.8) is 0 Å². The summed E-state index contributed by atoms with van der Waals surface area (Å²) in [5.41, 5.74) is 0.896. The number of likely N-dealkylation sites (N-methyl/N-ethyl adjacent to an activating group) is 1. The van der Waals surface area contributed by atoms with Gasteiger partial charge in [0.1, 0.15) is 0 Å². The fourth-order valence-corrected chi connectivity index (χ4v) is 0.827. The molecule has 0 aliphatic carbocycles. The molecule has 3 heteroatoms. The number of rotatable bonds is 3. The molecule has 0 heterocycles. The molecule has 14 heavy (non-hydrogen) atoms. The molecular formula is C11H17NOV. The SMILES string of the molecule is C/C=C/C=C(\C=C\C)N(C)C(C)=O.[V]. The molecule has 0 bridgehead atoms. The van der Waals surface area contributed by atoms with E-state index in [4.69, 9.17) is 0 Å². The number of allylic oxidation sites excluding steroid dienone is 5. The van der Waals surface area contributed by atoms with Crippen LogP contribution in [0.5, 0.6) is 0 Å². The smallest absolute Gasteiger partial charge is 0.223 e. The monoisotopic (exact) mass is 230 g/mol. The van der Waals surface area contributed by atoms with E-state index in [2.05, 4.69) is 0 Å². The van der Waals surface area contributed by atoms with Crippen LogP contribution in [0.15, 0.2) is 36.1 Å². The molecule has 0 fully saturated rings. The Morgan fingerprint density at radius 1 is 1.21 bits per heavy atom. The van der Waals surface area contributed by atoms with Crippen molar-refractivity contribution < 1.29 is 23.4 Å². The molecule has 0 rings (SSSR count). The Morgan fingerprint density at radius 2 is 1.79 bits per heavy atom. The predicted octanol–water partition coefficient (Wildman–Crippen LogP) is 2.50. The van der Waals surface area contributed by atoms with E-state index in [0.29, 0.717) is 0 Å². The molecule has 0 atom stereocenters. The van der Waals surface area contributed by atoms with Crippen molar-refractivity contribution in [2.24, 2.45) is 0 Å². The van der Waals surface area contributed by atoms with E-state index in [1.54, 1.807) is 18.9 Å². The number of amides is 1. The van der Waals surface area contributed by atoms with E-state index in [1.165, 1.54) is 0 Å². The summed E-state index contributed by atoms with van der Waals surface area (Å²) in [7, 11) is 1.76. The molecule has 2 nitrogen and oxygen atoms in total. The average molecular weight is 230 g/mol. The van der Waals surface area contributed by atoms with Gasteiger partial charge in [-0.2, -0.15) is 0 Å². The van der Waals surface area contributed by atoms with Gasteiger partial charge in [-0.05, 0) is 26.0 Å². The maximum Gasteiger partial charge on any atom is 0.223 e. The van der Waals surface area contributed by atoms with Gasteiger partial charge in [0.2, 0.25) is 5.91 Å². The van der Waals surface area contributed by atoms with Crippen molar-refractivity contribution in [2.45, 2.75) is 20.8 Å². The fraction of sp³-hybridized carbons (Fsp3) is 0.364. The summed E-state index contributed by atoms with van der Waals surface area (Å²) in [5, 5.41) is 0. The van der Waals surface area contributed by atoms with E-state index in [-0.39, 0.29) is 24.5 Å². The van der Waals surface area contributed by atoms with Crippen LogP contribution < -0.4 is 0 Å². The Balaban J connectivity index is 0. The summed E-state index contributed by atoms with van der Waals surface area (Å²) in [4.78, 5) is 12.7. The Bertz CT molecular complexity index is 254. The third-order valence-corrected chi connectivity index (χ3v) is 1.66. The Labute approximate surface area is 98.2 Å². The molecule has 0 aromatic heterocycles. The normalized spacial score (nSPS) is 11.9. The van der Waals surface area contributed by atoms with Crippen molar-refractivity contribution >= 4 is 5.91 Å². The first kappa shape index (κ1) is 15.7. The zero-order chi connectivity index (χ0) is 10.3. The largest absolute Gasteiger partial charge is 0.316 e. The summed E-state index contributed by atoms with van der Waals surface area (Å²) in [5.74, 6) is 0.0360. The number of hydrogen-bond donors (Lipinski definition) is 0. The second-order valence-corrected chi connectivity index (χ2v) is 2.70. The first-order chi connectivity index (χ1) is 6.13. The third kappa shape index (κ3) is 5.84. The van der Waals surface area contributed by atoms with Gasteiger partial charge in [0, 0.05) is 38.2 Å². The molecule has 1 amide bonds. The van der Waals surface area contributed by atoms with Gasteiger partial charge < -0.3 is 4.90 Å². The van der Waals surface area contributed by atoms with Crippen LogP contribution in [0, 0.1) is 0 Å². The van der Waals surface area contributed by atoms with Crippen molar-refractivity contribution in [2.75, 3.05) is 7.05 Å². The van der Waals surface area contributed by atoms with Crippen LogP contribution >= 0.6 is 0 Å². The molecule has 0 N–H and O–H groups in total. The van der Waals surface area contributed by atoms with Crippen LogP contribution in [0.3, 0.4) is 0 Å². The van der Waals surface area contributed by atoms with E-state index in [9.17, 15) is 4.79 Å². The number of carbonyl (C=O) groups excluding carboxylic acids is 1. The second-order valence-electron chi connectivity index (χ2n) is 2.70. The Hall–Kier alpha value is -0.726. The van der Waals surface area contributed by atoms with Crippen LogP contribution in [0.25, 0.3) is 0 Å². The second kappa shape index (κ2) is 8.85. The molecule has 0 saturated carbocycles. The zero-order valence-electron chi connectivity index (χ0n) is 9.19. The minimum Gasteiger partial charge on any atom is -0.316 e. The Morgan fingerprint density at radius 3 is 2.14 bits per heavy atom. The van der Waals surface area contributed by atoms with Crippen LogP contribution in [0.1, 0.15) is 20.8 Å². The molecule has 77 valence electrons. The van der Waals surface area contributed by atoms with Crippen LogP contribution in [0.4, 0.5) is 0 Å². The molecular weight excluding hydrogens is 213 g/mol. The van der Waals surface area contributed by atoms with E-state index in [1.807, 2.05) is 44.2 Å². The van der Waals surface area contributed by atoms with Gasteiger partial charge >= 0.3 is 0 Å². The van der Waals surface area contributed by atoms with Gasteiger partial charge in [0.15, 0.2) is 0 Å². The molecule has 0 spiro atoms. The summed E-state index contributed by atoms with van der Waals surface area (Å²) < 4.78 is 0. The van der Waals surface area contributed by atoms with Crippen molar-refractivity contribution in [3.8, 4) is 0 Å².